The van der Waals surface area contributed by atoms with Gasteiger partial charge in [-0.1, -0.05) is 87.5 Å². The second-order valence-electron chi connectivity index (χ2n) is 5.54. The normalized spacial score (nSPS) is 10.8. The summed E-state index contributed by atoms with van der Waals surface area (Å²) in [5.74, 6) is -0.144. The Balaban J connectivity index is 0.00000105. The summed E-state index contributed by atoms with van der Waals surface area (Å²) in [5.41, 5.74) is 2.38. The molecule has 0 heterocycles. The zero-order valence-corrected chi connectivity index (χ0v) is 16.6. The van der Waals surface area contributed by atoms with Gasteiger partial charge in [-0.3, -0.25) is 9.52 Å². The van der Waals surface area contributed by atoms with E-state index in [9.17, 15) is 4.79 Å². The number of rotatable bonds is 6. The van der Waals surface area contributed by atoms with Crippen molar-refractivity contribution in [2.24, 2.45) is 0 Å². The summed E-state index contributed by atoms with van der Waals surface area (Å²) in [6.07, 6.45) is 6.68. The Bertz CT molecular complexity index is 733. The molecule has 2 nitrogen and oxygen atoms in total. The SMILES string of the molecule is C=C(/C=C(\C=C/C)C(=O)NSc1ccccc1)c1ccccc1.CCC. The summed E-state index contributed by atoms with van der Waals surface area (Å²) in [7, 11) is 0. The van der Waals surface area contributed by atoms with Gasteiger partial charge in [0.1, 0.15) is 0 Å². The Kier molecular flexibility index (Phi) is 10.6. The van der Waals surface area contributed by atoms with Gasteiger partial charge in [-0.05, 0) is 48.2 Å². The molecule has 0 aliphatic heterocycles. The topological polar surface area (TPSA) is 29.1 Å². The van der Waals surface area contributed by atoms with Crippen LogP contribution < -0.4 is 4.72 Å². The van der Waals surface area contributed by atoms with Crippen LogP contribution in [0.4, 0.5) is 0 Å². The van der Waals surface area contributed by atoms with Crippen molar-refractivity contribution in [2.75, 3.05) is 0 Å². The van der Waals surface area contributed by atoms with E-state index in [4.69, 9.17) is 0 Å². The van der Waals surface area contributed by atoms with E-state index < -0.39 is 0 Å². The Morgan fingerprint density at radius 3 is 2.12 bits per heavy atom. The molecule has 0 radical (unpaired) electrons. The van der Waals surface area contributed by atoms with Crippen LogP contribution in [-0.4, -0.2) is 5.91 Å². The second-order valence-corrected chi connectivity index (χ2v) is 6.42. The largest absolute Gasteiger partial charge is 0.292 e. The Morgan fingerprint density at radius 1 is 1.04 bits per heavy atom. The molecule has 0 aliphatic rings. The first kappa shape index (κ1) is 21.5. The predicted molar refractivity (Wildman–Crippen MR) is 115 cm³/mol. The van der Waals surface area contributed by atoms with Gasteiger partial charge in [-0.15, -0.1) is 0 Å². The zero-order valence-electron chi connectivity index (χ0n) is 15.7. The molecule has 26 heavy (non-hydrogen) atoms. The molecule has 0 fully saturated rings. The highest BCUT2D eigenvalue weighted by Crippen LogP contribution is 2.18. The molecule has 3 heteroatoms. The highest BCUT2D eigenvalue weighted by molar-refractivity contribution is 7.98. The third-order valence-corrected chi connectivity index (χ3v) is 3.88. The van der Waals surface area contributed by atoms with E-state index in [2.05, 4.69) is 25.1 Å². The van der Waals surface area contributed by atoms with Gasteiger partial charge in [0.25, 0.3) is 5.91 Å². The van der Waals surface area contributed by atoms with Gasteiger partial charge in [-0.2, -0.15) is 0 Å². The molecule has 2 aromatic rings. The quantitative estimate of drug-likeness (QED) is 0.362. The molecule has 0 spiro atoms. The van der Waals surface area contributed by atoms with Crippen LogP contribution in [-0.2, 0) is 4.79 Å². The van der Waals surface area contributed by atoms with Gasteiger partial charge in [0, 0.05) is 10.5 Å². The maximum absolute atomic E-state index is 12.4. The lowest BCUT2D eigenvalue weighted by atomic mass is 10.0. The molecule has 2 rings (SSSR count). The van der Waals surface area contributed by atoms with Crippen molar-refractivity contribution in [2.45, 2.75) is 32.1 Å². The van der Waals surface area contributed by atoms with E-state index in [1.807, 2.05) is 73.7 Å². The molecule has 0 atom stereocenters. The highest BCUT2D eigenvalue weighted by atomic mass is 32.2. The first-order chi connectivity index (χ1) is 12.6. The predicted octanol–water partition coefficient (Wildman–Crippen LogP) is 6.44. The van der Waals surface area contributed by atoms with E-state index in [0.717, 1.165) is 16.0 Å². The molecule has 1 N–H and O–H groups in total. The van der Waals surface area contributed by atoms with Crippen molar-refractivity contribution < 1.29 is 4.79 Å². The zero-order chi connectivity index (χ0) is 19.2. The smallest absolute Gasteiger partial charge is 0.261 e. The van der Waals surface area contributed by atoms with Crippen molar-refractivity contribution in [3.05, 3.63) is 96.6 Å². The third kappa shape index (κ3) is 8.04. The molecule has 2 aromatic carbocycles. The van der Waals surface area contributed by atoms with Gasteiger partial charge in [0.05, 0.1) is 0 Å². The Morgan fingerprint density at radius 2 is 1.58 bits per heavy atom. The Labute approximate surface area is 161 Å². The summed E-state index contributed by atoms with van der Waals surface area (Å²) in [5, 5.41) is 0. The Hall–Kier alpha value is -2.52. The number of hydrogen-bond acceptors (Lipinski definition) is 2. The van der Waals surface area contributed by atoms with Gasteiger partial charge in [0.15, 0.2) is 0 Å². The number of allylic oxidation sites excluding steroid dienone is 3. The number of amides is 1. The van der Waals surface area contributed by atoms with Crippen molar-refractivity contribution in [1.82, 2.24) is 4.72 Å². The molecule has 0 aliphatic carbocycles. The summed E-state index contributed by atoms with van der Waals surface area (Å²) in [6, 6.07) is 19.5. The number of nitrogens with one attached hydrogen (secondary N) is 1. The van der Waals surface area contributed by atoms with Gasteiger partial charge < -0.3 is 0 Å². The molecule has 1 amide bonds. The minimum Gasteiger partial charge on any atom is -0.292 e. The van der Waals surface area contributed by atoms with Crippen LogP contribution in [0.5, 0.6) is 0 Å². The third-order valence-electron chi connectivity index (χ3n) is 3.09. The van der Waals surface area contributed by atoms with Crippen molar-refractivity contribution >= 4 is 23.4 Å². The first-order valence-corrected chi connectivity index (χ1v) is 9.54. The molecule has 0 unspecified atom stereocenters. The van der Waals surface area contributed by atoms with E-state index >= 15 is 0 Å². The monoisotopic (exact) mass is 365 g/mol. The molecule has 0 saturated carbocycles. The summed E-state index contributed by atoms with van der Waals surface area (Å²) in [6.45, 7) is 10.2. The average Bonchev–Trinajstić information content (AvgIpc) is 2.68. The van der Waals surface area contributed by atoms with E-state index in [0.29, 0.717) is 5.57 Å². The van der Waals surface area contributed by atoms with Crippen LogP contribution in [0.1, 0.15) is 32.8 Å². The minimum absolute atomic E-state index is 0.144. The summed E-state index contributed by atoms with van der Waals surface area (Å²) in [4.78, 5) is 13.4. The van der Waals surface area contributed by atoms with Crippen molar-refractivity contribution in [3.8, 4) is 0 Å². The van der Waals surface area contributed by atoms with E-state index in [1.54, 1.807) is 12.2 Å². The number of benzene rings is 2. The molecule has 136 valence electrons. The molecular formula is C23H27NOS. The summed E-state index contributed by atoms with van der Waals surface area (Å²) < 4.78 is 2.86. The average molecular weight is 366 g/mol. The fourth-order valence-electron chi connectivity index (χ4n) is 1.94. The lowest BCUT2D eigenvalue weighted by molar-refractivity contribution is -0.115. The minimum atomic E-state index is -0.144. The van der Waals surface area contributed by atoms with Crippen LogP contribution in [0, 0.1) is 0 Å². The van der Waals surface area contributed by atoms with Gasteiger partial charge in [0.2, 0.25) is 0 Å². The van der Waals surface area contributed by atoms with Crippen LogP contribution in [0.2, 0.25) is 0 Å². The maximum atomic E-state index is 12.4. The van der Waals surface area contributed by atoms with Crippen LogP contribution >= 0.6 is 11.9 Å². The summed E-state index contributed by atoms with van der Waals surface area (Å²) >= 11 is 1.30. The van der Waals surface area contributed by atoms with Crippen molar-refractivity contribution in [3.63, 3.8) is 0 Å². The fourth-order valence-corrected chi connectivity index (χ4v) is 2.57. The number of carbonyl (C=O) groups is 1. The molecule has 0 bridgehead atoms. The lowest BCUT2D eigenvalue weighted by Gasteiger charge is -2.07. The van der Waals surface area contributed by atoms with Gasteiger partial charge >= 0.3 is 0 Å². The molecule has 0 saturated heterocycles. The highest BCUT2D eigenvalue weighted by Gasteiger charge is 2.08. The van der Waals surface area contributed by atoms with E-state index in [-0.39, 0.29) is 5.91 Å². The first-order valence-electron chi connectivity index (χ1n) is 8.73. The van der Waals surface area contributed by atoms with Crippen LogP contribution in [0.3, 0.4) is 0 Å². The lowest BCUT2D eigenvalue weighted by Crippen LogP contribution is -2.17. The standard InChI is InChI=1S/C20H19NOS.C3H8/c1-3-10-18(15-16(2)17-11-6-4-7-12-17)20(22)21-23-19-13-8-5-9-14-19;1-3-2/h3-15H,2H2,1H3,(H,21,22);3H2,1-2H3/b10-3-,18-15+;. The number of carbonyl (C=O) groups excluding carboxylic acids is 1. The maximum Gasteiger partial charge on any atom is 0.261 e. The van der Waals surface area contributed by atoms with E-state index in [1.165, 1.54) is 18.4 Å². The van der Waals surface area contributed by atoms with Crippen LogP contribution in [0.15, 0.2) is 95.9 Å². The second kappa shape index (κ2) is 12.8. The number of hydrogen-bond donors (Lipinski definition) is 1. The van der Waals surface area contributed by atoms with Gasteiger partial charge in [-0.25, -0.2) is 0 Å². The van der Waals surface area contributed by atoms with Crippen molar-refractivity contribution in [1.29, 1.82) is 0 Å². The fraction of sp³-hybridized carbons (Fsp3) is 0.174. The van der Waals surface area contributed by atoms with Crippen LogP contribution in [0.25, 0.3) is 5.57 Å². The molecule has 0 aromatic heterocycles. The molecular weight excluding hydrogens is 338 g/mol.